The second kappa shape index (κ2) is 26.2. The molecule has 0 aliphatic rings. The number of methoxy groups -OCH3 is 6. The molecule has 294 valence electrons. The third-order valence-corrected chi connectivity index (χ3v) is 9.44. The summed E-state index contributed by atoms with van der Waals surface area (Å²) in [5, 5.41) is 0. The Hall–Kier alpha value is -1.56. The summed E-state index contributed by atoms with van der Waals surface area (Å²) in [6.45, 7) is 29.4. The third kappa shape index (κ3) is 23.8. The molecule has 0 aliphatic carbocycles. The van der Waals surface area contributed by atoms with Crippen molar-refractivity contribution in [2.24, 2.45) is 11.8 Å². The Bertz CT molecular complexity index is 981. The van der Waals surface area contributed by atoms with Gasteiger partial charge in [-0.25, -0.2) is 0 Å². The maximum Gasteiger partial charge on any atom is 0.125 e. The van der Waals surface area contributed by atoms with E-state index < -0.39 is 0 Å². The van der Waals surface area contributed by atoms with E-state index in [-0.39, 0.29) is 33.6 Å². The Balaban J connectivity index is -0.000000669. The van der Waals surface area contributed by atoms with Gasteiger partial charge in [-0.2, -0.15) is 0 Å². The first-order chi connectivity index (χ1) is 23.1. The van der Waals surface area contributed by atoms with E-state index in [0.29, 0.717) is 11.8 Å². The number of rotatable bonds is 18. The van der Waals surface area contributed by atoms with Gasteiger partial charge in [0, 0.05) is 42.7 Å². The molecule has 0 radical (unpaired) electrons. The van der Waals surface area contributed by atoms with Crippen molar-refractivity contribution < 1.29 is 28.4 Å². The fourth-order valence-electron chi connectivity index (χ4n) is 4.75. The highest BCUT2D eigenvalue weighted by atomic mass is 16.5. The van der Waals surface area contributed by atoms with Crippen LogP contribution in [0.4, 0.5) is 0 Å². The second-order valence-corrected chi connectivity index (χ2v) is 15.5. The van der Waals surface area contributed by atoms with Gasteiger partial charge in [0.25, 0.3) is 0 Å². The lowest BCUT2D eigenvalue weighted by molar-refractivity contribution is 0.0299. The van der Waals surface area contributed by atoms with Gasteiger partial charge in [0.15, 0.2) is 0 Å². The maximum atomic E-state index is 5.56. The molecule has 0 fully saturated rings. The Morgan fingerprint density at radius 3 is 0.780 bits per heavy atom. The van der Waals surface area contributed by atoms with E-state index in [1.54, 1.807) is 42.7 Å². The molecule has 0 aromatic rings. The van der Waals surface area contributed by atoms with E-state index in [1.807, 2.05) is 27.7 Å². The van der Waals surface area contributed by atoms with Gasteiger partial charge in [0.05, 0.1) is 0 Å². The number of hydrogen-bond acceptors (Lipinski definition) is 6. The van der Waals surface area contributed by atoms with Crippen LogP contribution in [0.25, 0.3) is 0 Å². The monoisotopic (exact) mass is 707 g/mol. The van der Waals surface area contributed by atoms with Gasteiger partial charge in [-0.05, 0) is 105 Å². The topological polar surface area (TPSA) is 55.4 Å². The molecule has 0 N–H and O–H groups in total. The lowest BCUT2D eigenvalue weighted by atomic mass is 9.90. The van der Waals surface area contributed by atoms with Gasteiger partial charge in [0.2, 0.25) is 0 Å². The number of hydrogen-bond donors (Lipinski definition) is 0. The molecule has 0 spiro atoms. The second-order valence-electron chi connectivity index (χ2n) is 15.5. The van der Waals surface area contributed by atoms with Crippen molar-refractivity contribution in [1.29, 1.82) is 0 Å². The van der Waals surface area contributed by atoms with Gasteiger partial charge in [-0.3, -0.25) is 0 Å². The maximum absolute atomic E-state index is 5.56. The van der Waals surface area contributed by atoms with E-state index in [4.69, 9.17) is 28.4 Å². The molecule has 6 atom stereocenters. The molecule has 50 heavy (non-hydrogen) atoms. The SMILES string of the molecule is CCC(C)(C#CC(C)(CC)OC)OC.CCCCC(C)(C#CC(C)(CCCC)OC)OC.COC(C)(C#CC(C)(CC(C)C)OC)CC(C)C. The van der Waals surface area contributed by atoms with Crippen LogP contribution in [0.5, 0.6) is 0 Å². The minimum absolute atomic E-state index is 0.345. The summed E-state index contributed by atoms with van der Waals surface area (Å²) in [6.07, 6.45) is 10.2. The van der Waals surface area contributed by atoms with Crippen molar-refractivity contribution in [3.63, 3.8) is 0 Å². The average molecular weight is 707 g/mol. The largest absolute Gasteiger partial charge is 0.366 e. The van der Waals surface area contributed by atoms with Gasteiger partial charge >= 0.3 is 0 Å². The molecule has 0 aliphatic heterocycles. The van der Waals surface area contributed by atoms with Crippen LogP contribution in [0.3, 0.4) is 0 Å². The molecular formula is C44H82O6. The van der Waals surface area contributed by atoms with Crippen LogP contribution in [0.1, 0.15) is 161 Å². The fourth-order valence-corrected chi connectivity index (χ4v) is 4.75. The van der Waals surface area contributed by atoms with E-state index in [2.05, 4.69) is 105 Å². The van der Waals surface area contributed by atoms with Gasteiger partial charge in [-0.15, -0.1) is 0 Å². The highest BCUT2D eigenvalue weighted by molar-refractivity contribution is 5.22. The van der Waals surface area contributed by atoms with Crippen LogP contribution in [-0.2, 0) is 28.4 Å². The highest BCUT2D eigenvalue weighted by Crippen LogP contribution is 2.24. The average Bonchev–Trinajstić information content (AvgIpc) is 3.10. The summed E-state index contributed by atoms with van der Waals surface area (Å²) in [7, 11) is 10.3. The van der Waals surface area contributed by atoms with Crippen LogP contribution < -0.4 is 0 Å². The molecular weight excluding hydrogens is 624 g/mol. The lowest BCUT2D eigenvalue weighted by Gasteiger charge is -2.27. The van der Waals surface area contributed by atoms with Crippen LogP contribution in [0.2, 0.25) is 0 Å². The van der Waals surface area contributed by atoms with Crippen molar-refractivity contribution in [3.8, 4) is 35.5 Å². The smallest absolute Gasteiger partial charge is 0.125 e. The summed E-state index contributed by atoms with van der Waals surface area (Å²) in [6, 6.07) is 0. The quantitative estimate of drug-likeness (QED) is 0.132. The first-order valence-corrected chi connectivity index (χ1v) is 19.0. The van der Waals surface area contributed by atoms with Crippen LogP contribution in [-0.4, -0.2) is 76.3 Å². The molecule has 0 amide bonds. The molecule has 0 aromatic heterocycles. The number of unbranched alkanes of at least 4 members (excludes halogenated alkanes) is 2. The van der Waals surface area contributed by atoms with Gasteiger partial charge < -0.3 is 28.4 Å². The van der Waals surface area contributed by atoms with E-state index in [1.165, 1.54) is 0 Å². The van der Waals surface area contributed by atoms with Gasteiger partial charge in [-0.1, -0.05) is 104 Å². The molecule has 6 heteroatoms. The Morgan fingerprint density at radius 2 is 0.600 bits per heavy atom. The summed E-state index contributed by atoms with van der Waals surface area (Å²) >= 11 is 0. The molecule has 0 aromatic carbocycles. The first kappa shape index (κ1) is 52.8. The molecule has 6 nitrogen and oxygen atoms in total. The predicted molar refractivity (Wildman–Crippen MR) is 214 cm³/mol. The van der Waals surface area contributed by atoms with Crippen molar-refractivity contribution in [1.82, 2.24) is 0 Å². The fraction of sp³-hybridized carbons (Fsp3) is 0.864. The van der Waals surface area contributed by atoms with Gasteiger partial charge in [0.1, 0.15) is 33.6 Å². The van der Waals surface area contributed by atoms with Crippen molar-refractivity contribution in [3.05, 3.63) is 0 Å². The molecule has 6 unspecified atom stereocenters. The van der Waals surface area contributed by atoms with Crippen molar-refractivity contribution >= 4 is 0 Å². The zero-order valence-corrected chi connectivity index (χ0v) is 36.7. The summed E-state index contributed by atoms with van der Waals surface area (Å²) in [5.41, 5.74) is -2.16. The standard InChI is InChI=1S/2C16H30O2.C12H22O2/c1-13(2)11-15(5,17-7)9-10-16(6,18-8)12-14(3)4;1-7-9-11-15(3,17-5)13-14-16(4,18-6)12-10-8-2;1-7-11(3,13-5)9-10-12(4,8-2)14-6/h13-14H,11-12H2,1-8H3;7-12H2,1-6H3;7-8H2,1-6H3. The molecule has 0 bridgehead atoms. The zero-order chi connectivity index (χ0) is 39.7. The molecule has 0 rings (SSSR count). The van der Waals surface area contributed by atoms with Crippen LogP contribution in [0, 0.1) is 47.4 Å². The summed E-state index contributed by atoms with van der Waals surface area (Å²) < 4.78 is 32.9. The molecule has 0 saturated heterocycles. The predicted octanol–water partition coefficient (Wildman–Crippen LogP) is 10.7. The summed E-state index contributed by atoms with van der Waals surface area (Å²) in [4.78, 5) is 0. The van der Waals surface area contributed by atoms with E-state index in [0.717, 1.165) is 64.2 Å². The minimum atomic E-state index is -0.384. The molecule has 0 saturated carbocycles. The zero-order valence-electron chi connectivity index (χ0n) is 36.7. The van der Waals surface area contributed by atoms with Crippen LogP contribution >= 0.6 is 0 Å². The Morgan fingerprint density at radius 1 is 0.380 bits per heavy atom. The normalized spacial score (nSPS) is 18.1. The third-order valence-electron chi connectivity index (χ3n) is 9.44. The Labute approximate surface area is 312 Å². The number of ether oxygens (including phenoxy) is 6. The molecule has 0 heterocycles. The Kier molecular flexibility index (Phi) is 27.7. The van der Waals surface area contributed by atoms with Crippen LogP contribution in [0.15, 0.2) is 0 Å². The van der Waals surface area contributed by atoms with E-state index in [9.17, 15) is 0 Å². The van der Waals surface area contributed by atoms with Crippen molar-refractivity contribution in [2.75, 3.05) is 42.7 Å². The highest BCUT2D eigenvalue weighted by Gasteiger charge is 2.27. The van der Waals surface area contributed by atoms with E-state index >= 15 is 0 Å². The lowest BCUT2D eigenvalue weighted by Crippen LogP contribution is -2.31. The summed E-state index contributed by atoms with van der Waals surface area (Å²) in [5.74, 6) is 20.5. The van der Waals surface area contributed by atoms with Crippen molar-refractivity contribution in [2.45, 2.75) is 195 Å². The first-order valence-electron chi connectivity index (χ1n) is 19.0. The minimum Gasteiger partial charge on any atom is -0.366 e.